The lowest BCUT2D eigenvalue weighted by Crippen LogP contribution is -2.34. The Hall–Kier alpha value is -1.13. The molecule has 2 rings (SSSR count). The Kier molecular flexibility index (Phi) is 5.96. The van der Waals surface area contributed by atoms with Gasteiger partial charge in [-0.3, -0.25) is 0 Å². The summed E-state index contributed by atoms with van der Waals surface area (Å²) in [7, 11) is -1.49. The first kappa shape index (κ1) is 16.9. The van der Waals surface area contributed by atoms with E-state index in [0.29, 0.717) is 18.7 Å². The molecule has 7 heteroatoms. The van der Waals surface area contributed by atoms with Crippen molar-refractivity contribution in [1.82, 2.24) is 9.21 Å². The zero-order valence-electron chi connectivity index (χ0n) is 11.3. The molecule has 1 aliphatic heterocycles. The summed E-state index contributed by atoms with van der Waals surface area (Å²) in [5.74, 6) is 0. The molecule has 5 nitrogen and oxygen atoms in total. The number of rotatable bonds is 2. The van der Waals surface area contributed by atoms with E-state index in [-0.39, 0.29) is 17.3 Å². The van der Waals surface area contributed by atoms with Crippen LogP contribution in [0.25, 0.3) is 0 Å². The lowest BCUT2D eigenvalue weighted by Gasteiger charge is -2.20. The molecule has 0 unspecified atom stereocenters. The Morgan fingerprint density at radius 3 is 2.65 bits per heavy atom. The van der Waals surface area contributed by atoms with Crippen molar-refractivity contribution in [3.63, 3.8) is 0 Å². The van der Waals surface area contributed by atoms with Crippen molar-refractivity contribution in [2.45, 2.75) is 11.3 Å². The fraction of sp³-hybridized carbons (Fsp3) is 0.462. The Bertz CT molecular complexity index is 598. The van der Waals surface area contributed by atoms with Crippen LogP contribution in [-0.2, 0) is 10.0 Å². The highest BCUT2D eigenvalue weighted by molar-refractivity contribution is 7.89. The Morgan fingerprint density at radius 1 is 1.20 bits per heavy atom. The van der Waals surface area contributed by atoms with Crippen LogP contribution in [0.15, 0.2) is 29.2 Å². The van der Waals surface area contributed by atoms with Gasteiger partial charge in [0.15, 0.2) is 0 Å². The van der Waals surface area contributed by atoms with E-state index in [2.05, 4.69) is 4.90 Å². The van der Waals surface area contributed by atoms with E-state index in [4.69, 9.17) is 5.26 Å². The molecule has 20 heavy (non-hydrogen) atoms. The minimum absolute atomic E-state index is 0. The topological polar surface area (TPSA) is 64.4 Å². The van der Waals surface area contributed by atoms with Gasteiger partial charge >= 0.3 is 0 Å². The van der Waals surface area contributed by atoms with Crippen molar-refractivity contribution in [2.24, 2.45) is 0 Å². The van der Waals surface area contributed by atoms with Crippen molar-refractivity contribution < 1.29 is 8.42 Å². The van der Waals surface area contributed by atoms with E-state index >= 15 is 0 Å². The highest BCUT2D eigenvalue weighted by Gasteiger charge is 2.26. The van der Waals surface area contributed by atoms with Gasteiger partial charge in [0, 0.05) is 19.6 Å². The zero-order valence-corrected chi connectivity index (χ0v) is 13.0. The van der Waals surface area contributed by atoms with Gasteiger partial charge in [-0.25, -0.2) is 8.42 Å². The minimum atomic E-state index is -3.49. The van der Waals surface area contributed by atoms with Gasteiger partial charge in [-0.15, -0.1) is 12.4 Å². The van der Waals surface area contributed by atoms with E-state index in [0.717, 1.165) is 19.5 Å². The smallest absolute Gasteiger partial charge is 0.243 e. The quantitative estimate of drug-likeness (QED) is 0.825. The first-order valence-corrected chi connectivity index (χ1v) is 7.67. The normalized spacial score (nSPS) is 17.8. The van der Waals surface area contributed by atoms with Crippen molar-refractivity contribution in [3.8, 4) is 6.07 Å². The summed E-state index contributed by atoms with van der Waals surface area (Å²) in [6.45, 7) is 2.67. The van der Waals surface area contributed by atoms with Gasteiger partial charge < -0.3 is 4.90 Å². The van der Waals surface area contributed by atoms with Crippen LogP contribution in [0.2, 0.25) is 0 Å². The van der Waals surface area contributed by atoms with Gasteiger partial charge in [0.05, 0.1) is 16.5 Å². The lowest BCUT2D eigenvalue weighted by molar-refractivity contribution is 0.347. The molecule has 1 fully saturated rings. The number of sulfonamides is 1. The van der Waals surface area contributed by atoms with E-state index in [9.17, 15) is 8.42 Å². The molecule has 1 aromatic rings. The van der Waals surface area contributed by atoms with Gasteiger partial charge in [0.1, 0.15) is 0 Å². The first-order chi connectivity index (χ1) is 9.04. The Balaban J connectivity index is 0.00000200. The van der Waals surface area contributed by atoms with Crippen LogP contribution in [0.4, 0.5) is 0 Å². The molecule has 110 valence electrons. The predicted molar refractivity (Wildman–Crippen MR) is 79.3 cm³/mol. The largest absolute Gasteiger partial charge is 0.305 e. The molecular formula is C13H18ClN3O2S. The molecule has 1 aliphatic rings. The van der Waals surface area contributed by atoms with Crippen LogP contribution >= 0.6 is 12.4 Å². The van der Waals surface area contributed by atoms with Crippen molar-refractivity contribution in [3.05, 3.63) is 29.8 Å². The number of benzene rings is 1. The summed E-state index contributed by atoms with van der Waals surface area (Å²) < 4.78 is 26.5. The van der Waals surface area contributed by atoms with Gasteiger partial charge in [0.2, 0.25) is 10.0 Å². The van der Waals surface area contributed by atoms with E-state index in [1.807, 2.05) is 13.1 Å². The van der Waals surface area contributed by atoms with Crippen LogP contribution in [0.1, 0.15) is 12.0 Å². The monoisotopic (exact) mass is 315 g/mol. The molecule has 0 aromatic heterocycles. The Morgan fingerprint density at radius 2 is 1.95 bits per heavy atom. The third-order valence-corrected chi connectivity index (χ3v) is 5.17. The number of halogens is 1. The van der Waals surface area contributed by atoms with Crippen molar-refractivity contribution >= 4 is 22.4 Å². The van der Waals surface area contributed by atoms with Crippen molar-refractivity contribution in [2.75, 3.05) is 33.2 Å². The van der Waals surface area contributed by atoms with Crippen LogP contribution in [0.3, 0.4) is 0 Å². The summed E-state index contributed by atoms with van der Waals surface area (Å²) in [6.07, 6.45) is 0.827. The standard InChI is InChI=1S/C13H17N3O2S.ClH/c1-15-6-3-7-16(9-8-15)19(17,18)13-5-2-4-12(10-13)11-14;/h2,4-5,10H,3,6-9H2,1H3;1H. The van der Waals surface area contributed by atoms with Crippen LogP contribution in [-0.4, -0.2) is 50.8 Å². The highest BCUT2D eigenvalue weighted by atomic mass is 35.5. The summed E-state index contributed by atoms with van der Waals surface area (Å²) in [5.41, 5.74) is 0.369. The second-order valence-corrected chi connectivity index (χ2v) is 6.64. The molecule has 0 atom stereocenters. The molecule has 0 bridgehead atoms. The predicted octanol–water partition coefficient (Wildman–Crippen LogP) is 1.31. The van der Waals surface area contributed by atoms with E-state index in [1.165, 1.54) is 10.4 Å². The molecule has 1 aromatic carbocycles. The molecule has 0 saturated carbocycles. The maximum absolute atomic E-state index is 12.5. The molecule has 1 heterocycles. The fourth-order valence-corrected chi connectivity index (χ4v) is 3.65. The molecule has 0 radical (unpaired) electrons. The molecule has 0 amide bonds. The maximum atomic E-state index is 12.5. The number of likely N-dealkylation sites (N-methyl/N-ethyl adjacent to an activating group) is 1. The van der Waals surface area contributed by atoms with Crippen LogP contribution in [0, 0.1) is 11.3 Å². The molecule has 0 spiro atoms. The maximum Gasteiger partial charge on any atom is 0.243 e. The summed E-state index contributed by atoms with van der Waals surface area (Å²) in [5, 5.41) is 8.85. The fourth-order valence-electron chi connectivity index (χ4n) is 2.14. The van der Waals surface area contributed by atoms with Gasteiger partial charge in [-0.2, -0.15) is 9.57 Å². The van der Waals surface area contributed by atoms with E-state index in [1.54, 1.807) is 18.2 Å². The summed E-state index contributed by atoms with van der Waals surface area (Å²) in [6, 6.07) is 8.16. The van der Waals surface area contributed by atoms with Gasteiger partial charge in [-0.1, -0.05) is 6.07 Å². The number of hydrogen-bond donors (Lipinski definition) is 0. The minimum Gasteiger partial charge on any atom is -0.305 e. The van der Waals surface area contributed by atoms with E-state index < -0.39 is 10.0 Å². The summed E-state index contributed by atoms with van der Waals surface area (Å²) >= 11 is 0. The average molecular weight is 316 g/mol. The molecular weight excluding hydrogens is 298 g/mol. The van der Waals surface area contributed by atoms with Crippen LogP contribution < -0.4 is 0 Å². The van der Waals surface area contributed by atoms with Gasteiger partial charge in [0.25, 0.3) is 0 Å². The zero-order chi connectivity index (χ0) is 13.9. The first-order valence-electron chi connectivity index (χ1n) is 6.23. The third-order valence-electron chi connectivity index (χ3n) is 3.28. The lowest BCUT2D eigenvalue weighted by atomic mass is 10.2. The number of nitrogens with zero attached hydrogens (tertiary/aromatic N) is 3. The number of hydrogen-bond acceptors (Lipinski definition) is 4. The Labute approximate surface area is 126 Å². The molecule has 1 saturated heterocycles. The van der Waals surface area contributed by atoms with Crippen molar-refractivity contribution in [1.29, 1.82) is 5.26 Å². The van der Waals surface area contributed by atoms with Gasteiger partial charge in [-0.05, 0) is 38.2 Å². The second-order valence-electron chi connectivity index (χ2n) is 4.70. The SMILES string of the molecule is CN1CCCN(S(=O)(=O)c2cccc(C#N)c2)CC1.Cl. The molecule has 0 aliphatic carbocycles. The number of nitriles is 1. The average Bonchev–Trinajstić information content (AvgIpc) is 2.64. The summed E-state index contributed by atoms with van der Waals surface area (Å²) in [4.78, 5) is 2.33. The van der Waals surface area contributed by atoms with Crippen LogP contribution in [0.5, 0.6) is 0 Å². The highest BCUT2D eigenvalue weighted by Crippen LogP contribution is 2.18. The third kappa shape index (κ3) is 3.70. The second kappa shape index (κ2) is 7.04. The molecule has 0 N–H and O–H groups in total.